The van der Waals surface area contributed by atoms with Gasteiger partial charge in [-0.3, -0.25) is 4.79 Å². The predicted molar refractivity (Wildman–Crippen MR) is 68.0 cm³/mol. The van der Waals surface area contributed by atoms with E-state index in [0.717, 1.165) is 0 Å². The number of aromatic carboxylic acids is 1. The van der Waals surface area contributed by atoms with E-state index >= 15 is 0 Å². The molecule has 0 spiro atoms. The number of amides is 1. The largest absolute Gasteiger partial charge is 0.478 e. The van der Waals surface area contributed by atoms with Gasteiger partial charge in [0.2, 0.25) is 0 Å². The van der Waals surface area contributed by atoms with Crippen LogP contribution >= 0.6 is 0 Å². The Morgan fingerprint density at radius 1 is 1.35 bits per heavy atom. The molecule has 1 aromatic heterocycles. The summed E-state index contributed by atoms with van der Waals surface area (Å²) < 4.78 is 18.1. The molecule has 104 valence electrons. The quantitative estimate of drug-likeness (QED) is 0.899. The number of rotatable bonds is 4. The van der Waals surface area contributed by atoms with Crippen molar-refractivity contribution in [3.05, 3.63) is 58.8 Å². The van der Waals surface area contributed by atoms with E-state index in [2.05, 4.69) is 5.32 Å². The van der Waals surface area contributed by atoms with Crippen LogP contribution < -0.4 is 5.32 Å². The van der Waals surface area contributed by atoms with Crippen molar-refractivity contribution in [2.75, 3.05) is 0 Å². The lowest BCUT2D eigenvalue weighted by Crippen LogP contribution is -2.23. The fourth-order valence-electron chi connectivity index (χ4n) is 1.72. The van der Waals surface area contributed by atoms with Gasteiger partial charge in [0.1, 0.15) is 17.1 Å². The summed E-state index contributed by atoms with van der Waals surface area (Å²) in [6.07, 6.45) is 1.24. The number of furan rings is 1. The summed E-state index contributed by atoms with van der Waals surface area (Å²) in [4.78, 5) is 22.7. The van der Waals surface area contributed by atoms with Gasteiger partial charge in [-0.1, -0.05) is 0 Å². The average Bonchev–Trinajstić information content (AvgIpc) is 2.87. The molecular formula is C14H12FNO4. The molecule has 2 rings (SSSR count). The Bertz CT molecular complexity index is 663. The number of halogens is 1. The maximum atomic E-state index is 13.1. The number of carbonyl (C=O) groups is 2. The zero-order valence-corrected chi connectivity index (χ0v) is 10.6. The average molecular weight is 277 g/mol. The molecule has 2 N–H and O–H groups in total. The lowest BCUT2D eigenvalue weighted by atomic mass is 10.1. The minimum Gasteiger partial charge on any atom is -0.478 e. The Balaban J connectivity index is 2.07. The van der Waals surface area contributed by atoms with Crippen LogP contribution in [0.15, 0.2) is 34.9 Å². The van der Waals surface area contributed by atoms with Crippen LogP contribution in [0.5, 0.6) is 0 Å². The summed E-state index contributed by atoms with van der Waals surface area (Å²) in [5, 5.41) is 11.4. The van der Waals surface area contributed by atoms with Gasteiger partial charge >= 0.3 is 5.97 Å². The molecule has 0 atom stereocenters. The van der Waals surface area contributed by atoms with Crippen molar-refractivity contribution in [2.24, 2.45) is 0 Å². The van der Waals surface area contributed by atoms with Crippen molar-refractivity contribution in [3.8, 4) is 0 Å². The standard InChI is InChI=1S/C14H12FNO4/c1-8-6-9(2-3-11(8)15)13(17)16-7-12-10(14(18)19)4-5-20-12/h2-6H,7H2,1H3,(H,16,17)(H,18,19). The summed E-state index contributed by atoms with van der Waals surface area (Å²) in [5.41, 5.74) is 0.662. The van der Waals surface area contributed by atoms with Crippen molar-refractivity contribution in [2.45, 2.75) is 13.5 Å². The molecule has 0 aliphatic rings. The van der Waals surface area contributed by atoms with Gasteiger partial charge in [-0.2, -0.15) is 0 Å². The van der Waals surface area contributed by atoms with Crippen LogP contribution in [0.2, 0.25) is 0 Å². The first-order valence-electron chi connectivity index (χ1n) is 5.83. The Kier molecular flexibility index (Phi) is 3.84. The zero-order valence-electron chi connectivity index (χ0n) is 10.6. The molecule has 6 heteroatoms. The van der Waals surface area contributed by atoms with Gasteiger partial charge in [0.05, 0.1) is 12.8 Å². The third-order valence-electron chi connectivity index (χ3n) is 2.81. The van der Waals surface area contributed by atoms with Crippen molar-refractivity contribution in [3.63, 3.8) is 0 Å². The van der Waals surface area contributed by atoms with Crippen LogP contribution in [-0.2, 0) is 6.54 Å². The fourth-order valence-corrected chi connectivity index (χ4v) is 1.72. The van der Waals surface area contributed by atoms with E-state index in [1.54, 1.807) is 6.92 Å². The number of hydrogen-bond acceptors (Lipinski definition) is 3. The summed E-state index contributed by atoms with van der Waals surface area (Å²) in [7, 11) is 0. The summed E-state index contributed by atoms with van der Waals surface area (Å²) in [5.74, 6) is -1.79. The van der Waals surface area contributed by atoms with Crippen molar-refractivity contribution >= 4 is 11.9 Å². The SMILES string of the molecule is Cc1cc(C(=O)NCc2occc2C(=O)O)ccc1F. The van der Waals surface area contributed by atoms with Gasteiger partial charge < -0.3 is 14.8 Å². The van der Waals surface area contributed by atoms with Gasteiger partial charge in [-0.25, -0.2) is 9.18 Å². The predicted octanol–water partition coefficient (Wildman–Crippen LogP) is 2.36. The maximum absolute atomic E-state index is 13.1. The van der Waals surface area contributed by atoms with Crippen LogP contribution in [0.3, 0.4) is 0 Å². The summed E-state index contributed by atoms with van der Waals surface area (Å²) in [6, 6.07) is 5.30. The van der Waals surface area contributed by atoms with Crippen LogP contribution in [-0.4, -0.2) is 17.0 Å². The molecule has 20 heavy (non-hydrogen) atoms. The normalized spacial score (nSPS) is 10.3. The maximum Gasteiger partial charge on any atom is 0.339 e. The number of hydrogen-bond donors (Lipinski definition) is 2. The Morgan fingerprint density at radius 3 is 2.75 bits per heavy atom. The summed E-state index contributed by atoms with van der Waals surface area (Å²) >= 11 is 0. The molecular weight excluding hydrogens is 265 g/mol. The third-order valence-corrected chi connectivity index (χ3v) is 2.81. The number of carboxylic acid groups (broad SMARTS) is 1. The highest BCUT2D eigenvalue weighted by Crippen LogP contribution is 2.12. The van der Waals surface area contributed by atoms with E-state index in [1.165, 1.54) is 30.5 Å². The van der Waals surface area contributed by atoms with Crippen molar-refractivity contribution < 1.29 is 23.5 Å². The number of benzene rings is 1. The molecule has 0 saturated carbocycles. The number of nitrogens with one attached hydrogen (secondary N) is 1. The minimum atomic E-state index is -1.12. The van der Waals surface area contributed by atoms with Crippen LogP contribution in [0.25, 0.3) is 0 Å². The van der Waals surface area contributed by atoms with Gasteiger partial charge in [-0.15, -0.1) is 0 Å². The first-order valence-corrected chi connectivity index (χ1v) is 5.83. The Morgan fingerprint density at radius 2 is 2.10 bits per heavy atom. The van der Waals surface area contributed by atoms with E-state index in [4.69, 9.17) is 9.52 Å². The van der Waals surface area contributed by atoms with E-state index in [9.17, 15) is 14.0 Å². The highest BCUT2D eigenvalue weighted by atomic mass is 19.1. The topological polar surface area (TPSA) is 79.5 Å². The van der Waals surface area contributed by atoms with Crippen molar-refractivity contribution in [1.29, 1.82) is 0 Å². The first kappa shape index (κ1) is 13.8. The summed E-state index contributed by atoms with van der Waals surface area (Å²) in [6.45, 7) is 1.51. The Hall–Kier alpha value is -2.63. The minimum absolute atomic E-state index is 0.000543. The first-order chi connectivity index (χ1) is 9.49. The smallest absolute Gasteiger partial charge is 0.339 e. The second kappa shape index (κ2) is 5.56. The molecule has 0 bridgehead atoms. The molecule has 0 fully saturated rings. The van der Waals surface area contributed by atoms with Gasteiger partial charge in [0.15, 0.2) is 0 Å². The number of carboxylic acids is 1. The van der Waals surface area contributed by atoms with Gasteiger partial charge in [-0.05, 0) is 36.8 Å². The molecule has 1 aromatic carbocycles. The lowest BCUT2D eigenvalue weighted by Gasteiger charge is -2.05. The molecule has 1 heterocycles. The molecule has 2 aromatic rings. The zero-order chi connectivity index (χ0) is 14.7. The lowest BCUT2D eigenvalue weighted by molar-refractivity contribution is 0.0693. The van der Waals surface area contributed by atoms with Crippen LogP contribution in [0.4, 0.5) is 4.39 Å². The molecule has 0 aliphatic carbocycles. The molecule has 0 aliphatic heterocycles. The van der Waals surface area contributed by atoms with E-state index in [-0.39, 0.29) is 23.7 Å². The monoisotopic (exact) mass is 277 g/mol. The fraction of sp³-hybridized carbons (Fsp3) is 0.143. The third kappa shape index (κ3) is 2.85. The van der Waals surface area contributed by atoms with E-state index in [1.807, 2.05) is 0 Å². The van der Waals surface area contributed by atoms with Crippen LogP contribution in [0.1, 0.15) is 32.0 Å². The Labute approximate surface area is 114 Å². The molecule has 0 saturated heterocycles. The van der Waals surface area contributed by atoms with Gasteiger partial charge in [0.25, 0.3) is 5.91 Å². The van der Waals surface area contributed by atoms with E-state index in [0.29, 0.717) is 11.1 Å². The number of aryl methyl sites for hydroxylation is 1. The second-order valence-electron chi connectivity index (χ2n) is 4.21. The van der Waals surface area contributed by atoms with Crippen molar-refractivity contribution in [1.82, 2.24) is 5.32 Å². The molecule has 0 unspecified atom stereocenters. The highest BCUT2D eigenvalue weighted by Gasteiger charge is 2.14. The van der Waals surface area contributed by atoms with Gasteiger partial charge in [0, 0.05) is 5.56 Å². The number of carbonyl (C=O) groups excluding carboxylic acids is 1. The highest BCUT2D eigenvalue weighted by molar-refractivity contribution is 5.94. The molecule has 0 radical (unpaired) electrons. The van der Waals surface area contributed by atoms with E-state index < -0.39 is 11.9 Å². The molecule has 5 nitrogen and oxygen atoms in total. The molecule has 1 amide bonds. The van der Waals surface area contributed by atoms with Crippen LogP contribution in [0, 0.1) is 12.7 Å². The second-order valence-corrected chi connectivity index (χ2v) is 4.21.